The van der Waals surface area contributed by atoms with Crippen LogP contribution < -0.4 is 14.8 Å². The van der Waals surface area contributed by atoms with E-state index in [1.165, 1.54) is 5.56 Å². The molecule has 2 rings (SSSR count). The summed E-state index contributed by atoms with van der Waals surface area (Å²) in [6, 6.07) is 7.79. The molecule has 24 heavy (non-hydrogen) atoms. The van der Waals surface area contributed by atoms with Crippen LogP contribution >= 0.6 is 11.3 Å². The minimum absolute atomic E-state index is 0.00991. The highest BCUT2D eigenvalue weighted by Crippen LogP contribution is 2.27. The number of carbonyl (C=O) groups excluding carboxylic acids is 1. The smallest absolute Gasteiger partial charge is 0.224 e. The van der Waals surface area contributed by atoms with Gasteiger partial charge in [-0.05, 0) is 54.2 Å². The normalized spacial score (nSPS) is 12.0. The van der Waals surface area contributed by atoms with Crippen LogP contribution in [0.25, 0.3) is 0 Å². The van der Waals surface area contributed by atoms with Gasteiger partial charge < -0.3 is 19.7 Å². The largest absolute Gasteiger partial charge is 0.493 e. The molecule has 0 saturated heterocycles. The van der Waals surface area contributed by atoms with E-state index in [9.17, 15) is 4.79 Å². The molecular weight excluding hydrogens is 324 g/mol. The minimum Gasteiger partial charge on any atom is -0.493 e. The molecule has 1 atom stereocenters. The maximum atomic E-state index is 12.3. The van der Waals surface area contributed by atoms with Gasteiger partial charge >= 0.3 is 0 Å². The molecule has 0 fully saturated rings. The molecule has 5 nitrogen and oxygen atoms in total. The third-order valence-electron chi connectivity index (χ3n) is 3.86. The molecule has 0 radical (unpaired) electrons. The first-order valence-corrected chi connectivity index (χ1v) is 8.65. The minimum atomic E-state index is -0.00991. The predicted molar refractivity (Wildman–Crippen MR) is 97.0 cm³/mol. The van der Waals surface area contributed by atoms with Crippen molar-refractivity contribution in [2.24, 2.45) is 0 Å². The Kier molecular flexibility index (Phi) is 6.63. The van der Waals surface area contributed by atoms with Gasteiger partial charge in [-0.15, -0.1) is 0 Å². The molecule has 1 N–H and O–H groups in total. The van der Waals surface area contributed by atoms with Crippen LogP contribution in [0.4, 0.5) is 0 Å². The molecule has 1 aromatic carbocycles. The van der Waals surface area contributed by atoms with Crippen LogP contribution in [0.3, 0.4) is 0 Å². The van der Waals surface area contributed by atoms with Gasteiger partial charge in [0.15, 0.2) is 11.5 Å². The number of amides is 1. The number of ether oxygens (including phenoxy) is 2. The van der Waals surface area contributed by atoms with Crippen molar-refractivity contribution in [3.05, 3.63) is 46.2 Å². The molecule has 0 aliphatic carbocycles. The van der Waals surface area contributed by atoms with Gasteiger partial charge in [0.1, 0.15) is 0 Å². The third kappa shape index (κ3) is 4.72. The second-order valence-electron chi connectivity index (χ2n) is 5.71. The van der Waals surface area contributed by atoms with Crippen LogP contribution in [0.2, 0.25) is 0 Å². The first-order chi connectivity index (χ1) is 11.5. The zero-order valence-electron chi connectivity index (χ0n) is 14.5. The maximum absolute atomic E-state index is 12.3. The SMILES string of the molecule is COc1ccc(CC(=O)NCC(c2ccsc2)N(C)C)cc1OC. The summed E-state index contributed by atoms with van der Waals surface area (Å²) in [4.78, 5) is 14.4. The summed E-state index contributed by atoms with van der Waals surface area (Å²) in [5.74, 6) is 1.28. The number of nitrogens with zero attached hydrogens (tertiary/aromatic N) is 1. The summed E-state index contributed by atoms with van der Waals surface area (Å²) >= 11 is 1.66. The number of rotatable bonds is 8. The molecule has 130 valence electrons. The highest BCUT2D eigenvalue weighted by atomic mass is 32.1. The van der Waals surface area contributed by atoms with Crippen molar-refractivity contribution in [1.82, 2.24) is 10.2 Å². The number of carbonyl (C=O) groups is 1. The molecular formula is C18H24N2O3S. The lowest BCUT2D eigenvalue weighted by Gasteiger charge is -2.24. The van der Waals surface area contributed by atoms with Crippen LogP contribution in [-0.2, 0) is 11.2 Å². The van der Waals surface area contributed by atoms with Gasteiger partial charge in [0, 0.05) is 6.54 Å². The molecule has 2 aromatic rings. The van der Waals surface area contributed by atoms with Gasteiger partial charge in [0.2, 0.25) is 5.91 Å². The number of benzene rings is 1. The van der Waals surface area contributed by atoms with Gasteiger partial charge in [-0.2, -0.15) is 11.3 Å². The van der Waals surface area contributed by atoms with Crippen LogP contribution in [0.15, 0.2) is 35.0 Å². The van der Waals surface area contributed by atoms with Gasteiger partial charge in [0.25, 0.3) is 0 Å². The van der Waals surface area contributed by atoms with Gasteiger partial charge in [0.05, 0.1) is 26.7 Å². The van der Waals surface area contributed by atoms with E-state index in [2.05, 4.69) is 27.0 Å². The molecule has 0 saturated carbocycles. The van der Waals surface area contributed by atoms with E-state index in [0.29, 0.717) is 24.5 Å². The summed E-state index contributed by atoms with van der Waals surface area (Å²) in [5, 5.41) is 7.19. The summed E-state index contributed by atoms with van der Waals surface area (Å²) < 4.78 is 10.5. The number of nitrogens with one attached hydrogen (secondary N) is 1. The van der Waals surface area contributed by atoms with Crippen LogP contribution in [-0.4, -0.2) is 45.7 Å². The first kappa shape index (κ1) is 18.3. The second kappa shape index (κ2) is 8.70. The maximum Gasteiger partial charge on any atom is 0.224 e. The van der Waals surface area contributed by atoms with Gasteiger partial charge in [-0.1, -0.05) is 6.07 Å². The number of methoxy groups -OCH3 is 2. The van der Waals surface area contributed by atoms with E-state index in [1.54, 1.807) is 25.6 Å². The van der Waals surface area contributed by atoms with Crippen molar-refractivity contribution in [2.75, 3.05) is 34.9 Å². The number of thiophene rings is 1. The Morgan fingerprint density at radius 3 is 2.54 bits per heavy atom. The van der Waals surface area contributed by atoms with Gasteiger partial charge in [-0.3, -0.25) is 4.79 Å². The van der Waals surface area contributed by atoms with Crippen molar-refractivity contribution >= 4 is 17.2 Å². The molecule has 1 aromatic heterocycles. The van der Waals surface area contributed by atoms with E-state index >= 15 is 0 Å². The quantitative estimate of drug-likeness (QED) is 0.797. The molecule has 0 spiro atoms. The molecule has 1 unspecified atom stereocenters. The fourth-order valence-electron chi connectivity index (χ4n) is 2.51. The van der Waals surface area contributed by atoms with Crippen LogP contribution in [0, 0.1) is 0 Å². The Morgan fingerprint density at radius 2 is 1.96 bits per heavy atom. The zero-order chi connectivity index (χ0) is 17.5. The van der Waals surface area contributed by atoms with Gasteiger partial charge in [-0.25, -0.2) is 0 Å². The average Bonchev–Trinajstić information content (AvgIpc) is 3.08. The highest BCUT2D eigenvalue weighted by molar-refractivity contribution is 7.07. The Hall–Kier alpha value is -2.05. The molecule has 6 heteroatoms. The summed E-state index contributed by atoms with van der Waals surface area (Å²) in [6.45, 7) is 0.579. The number of hydrogen-bond donors (Lipinski definition) is 1. The molecule has 0 aliphatic heterocycles. The van der Waals surface area contributed by atoms with E-state index < -0.39 is 0 Å². The standard InChI is InChI=1S/C18H24N2O3S/c1-20(2)15(14-7-8-24-12-14)11-19-18(21)10-13-5-6-16(22-3)17(9-13)23-4/h5-9,12,15H,10-11H2,1-4H3,(H,19,21). The Balaban J connectivity index is 1.95. The van der Waals surface area contributed by atoms with Crippen molar-refractivity contribution in [2.45, 2.75) is 12.5 Å². The molecule has 0 aliphatic rings. The van der Waals surface area contributed by atoms with E-state index in [4.69, 9.17) is 9.47 Å². The molecule has 0 bridgehead atoms. The fraction of sp³-hybridized carbons (Fsp3) is 0.389. The first-order valence-electron chi connectivity index (χ1n) is 7.71. The fourth-order valence-corrected chi connectivity index (χ4v) is 3.22. The lowest BCUT2D eigenvalue weighted by Crippen LogP contribution is -2.35. The predicted octanol–water partition coefficient (Wildman–Crippen LogP) is 2.73. The topological polar surface area (TPSA) is 50.8 Å². The third-order valence-corrected chi connectivity index (χ3v) is 4.56. The second-order valence-corrected chi connectivity index (χ2v) is 6.49. The summed E-state index contributed by atoms with van der Waals surface area (Å²) in [6.07, 6.45) is 0.310. The van der Waals surface area contributed by atoms with Crippen molar-refractivity contribution in [3.63, 3.8) is 0 Å². The summed E-state index contributed by atoms with van der Waals surface area (Å²) in [7, 11) is 7.21. The zero-order valence-corrected chi connectivity index (χ0v) is 15.4. The Morgan fingerprint density at radius 1 is 1.21 bits per heavy atom. The monoisotopic (exact) mass is 348 g/mol. The van der Waals surface area contributed by atoms with E-state index in [0.717, 1.165) is 5.56 Å². The summed E-state index contributed by atoms with van der Waals surface area (Å²) in [5.41, 5.74) is 2.11. The molecule has 1 amide bonds. The van der Waals surface area contributed by atoms with Crippen molar-refractivity contribution in [1.29, 1.82) is 0 Å². The van der Waals surface area contributed by atoms with Crippen LogP contribution in [0.1, 0.15) is 17.2 Å². The number of hydrogen-bond acceptors (Lipinski definition) is 5. The van der Waals surface area contributed by atoms with E-state index in [1.807, 2.05) is 32.3 Å². The number of likely N-dealkylation sites (N-methyl/N-ethyl adjacent to an activating group) is 1. The Labute approximate surface area is 147 Å². The van der Waals surface area contributed by atoms with Crippen molar-refractivity contribution < 1.29 is 14.3 Å². The lowest BCUT2D eigenvalue weighted by molar-refractivity contribution is -0.120. The van der Waals surface area contributed by atoms with E-state index in [-0.39, 0.29) is 11.9 Å². The Bertz CT molecular complexity index is 656. The van der Waals surface area contributed by atoms with Crippen LogP contribution in [0.5, 0.6) is 11.5 Å². The highest BCUT2D eigenvalue weighted by Gasteiger charge is 2.16. The average molecular weight is 348 g/mol. The molecule has 1 heterocycles. The van der Waals surface area contributed by atoms with Crippen molar-refractivity contribution in [3.8, 4) is 11.5 Å². The lowest BCUT2D eigenvalue weighted by atomic mass is 10.1.